The van der Waals surface area contributed by atoms with Crippen LogP contribution in [0, 0.1) is 0 Å². The van der Waals surface area contributed by atoms with Crippen molar-refractivity contribution in [2.45, 2.75) is 0 Å². The van der Waals surface area contributed by atoms with Crippen LogP contribution in [0.3, 0.4) is 0 Å². The summed E-state index contributed by atoms with van der Waals surface area (Å²) in [6.45, 7) is 0. The van der Waals surface area contributed by atoms with Crippen LogP contribution >= 0.6 is 11.5 Å². The Hall–Kier alpha value is -2.14. The molecule has 0 saturated carbocycles. The van der Waals surface area contributed by atoms with Crippen molar-refractivity contribution in [3.8, 4) is 11.6 Å². The Morgan fingerprint density at radius 1 is 1.18 bits per heavy atom. The molecule has 2 aromatic heterocycles. The molecule has 3 rings (SSSR count). The zero-order valence-electron chi connectivity index (χ0n) is 8.83. The smallest absolute Gasteiger partial charge is 0.219 e. The summed E-state index contributed by atoms with van der Waals surface area (Å²) in [4.78, 5) is 4.10. The van der Waals surface area contributed by atoms with E-state index < -0.39 is 0 Å². The first-order valence-electron chi connectivity index (χ1n) is 5.07. The summed E-state index contributed by atoms with van der Waals surface area (Å²) in [6, 6.07) is 11.2. The van der Waals surface area contributed by atoms with Crippen molar-refractivity contribution >= 4 is 27.4 Å². The fourth-order valence-corrected chi connectivity index (χ4v) is 2.26. The summed E-state index contributed by atoms with van der Waals surface area (Å²) in [7, 11) is 0. The highest BCUT2D eigenvalue weighted by Gasteiger charge is 2.05. The zero-order valence-corrected chi connectivity index (χ0v) is 9.65. The highest BCUT2D eigenvalue weighted by molar-refractivity contribution is 7.13. The number of fused-ring (bicyclic) bond motifs is 1. The van der Waals surface area contributed by atoms with Gasteiger partial charge in [-0.1, -0.05) is 6.07 Å². The average molecular weight is 243 g/mol. The minimum absolute atomic E-state index is 0.564. The lowest BCUT2D eigenvalue weighted by molar-refractivity contribution is 0.464. The van der Waals surface area contributed by atoms with Crippen LogP contribution in [0.25, 0.3) is 10.1 Å². The number of pyridine rings is 1. The molecule has 84 valence electrons. The van der Waals surface area contributed by atoms with Crippen molar-refractivity contribution in [3.63, 3.8) is 0 Å². The maximum Gasteiger partial charge on any atom is 0.219 e. The third-order valence-electron chi connectivity index (χ3n) is 2.33. The number of benzene rings is 1. The van der Waals surface area contributed by atoms with Gasteiger partial charge in [-0.25, -0.2) is 4.98 Å². The van der Waals surface area contributed by atoms with Crippen molar-refractivity contribution in [3.05, 3.63) is 42.6 Å². The Morgan fingerprint density at radius 3 is 2.94 bits per heavy atom. The van der Waals surface area contributed by atoms with E-state index in [2.05, 4.69) is 9.36 Å². The van der Waals surface area contributed by atoms with E-state index in [0.717, 1.165) is 15.8 Å². The molecule has 0 radical (unpaired) electrons. The Bertz CT molecular complexity index is 651. The van der Waals surface area contributed by atoms with Crippen molar-refractivity contribution < 1.29 is 4.74 Å². The van der Waals surface area contributed by atoms with E-state index in [-0.39, 0.29) is 0 Å². The summed E-state index contributed by atoms with van der Waals surface area (Å²) >= 11 is 1.36. The summed E-state index contributed by atoms with van der Waals surface area (Å²) in [5.41, 5.74) is 5.72. The number of nitrogen functional groups attached to an aromatic ring is 1. The molecule has 4 nitrogen and oxygen atoms in total. The Labute approximate surface area is 102 Å². The number of hydrogen-bond acceptors (Lipinski definition) is 5. The SMILES string of the molecule is Nc1nsc2cc(Oc3ccccn3)ccc12. The van der Waals surface area contributed by atoms with Gasteiger partial charge in [-0.2, -0.15) is 4.37 Å². The van der Waals surface area contributed by atoms with Crippen molar-refractivity contribution in [1.29, 1.82) is 0 Å². The summed E-state index contributed by atoms with van der Waals surface area (Å²) in [6.07, 6.45) is 1.69. The molecular formula is C12H9N3OS. The van der Waals surface area contributed by atoms with Gasteiger partial charge in [-0.15, -0.1) is 0 Å². The molecule has 2 N–H and O–H groups in total. The third-order valence-corrected chi connectivity index (χ3v) is 3.15. The molecule has 0 aliphatic rings. The Balaban J connectivity index is 1.96. The molecule has 0 aliphatic heterocycles. The molecule has 0 amide bonds. The van der Waals surface area contributed by atoms with Crippen molar-refractivity contribution in [2.24, 2.45) is 0 Å². The monoisotopic (exact) mass is 243 g/mol. The molecule has 2 heterocycles. The van der Waals surface area contributed by atoms with E-state index in [4.69, 9.17) is 10.5 Å². The maximum atomic E-state index is 5.72. The predicted molar refractivity (Wildman–Crippen MR) is 68.3 cm³/mol. The van der Waals surface area contributed by atoms with Gasteiger partial charge in [0, 0.05) is 23.7 Å². The van der Waals surface area contributed by atoms with Gasteiger partial charge in [-0.3, -0.25) is 0 Å². The number of rotatable bonds is 2. The first kappa shape index (κ1) is 10.0. The van der Waals surface area contributed by atoms with Gasteiger partial charge >= 0.3 is 0 Å². The quantitative estimate of drug-likeness (QED) is 0.751. The summed E-state index contributed by atoms with van der Waals surface area (Å²) in [5, 5.41) is 0.961. The van der Waals surface area contributed by atoms with Crippen molar-refractivity contribution in [2.75, 3.05) is 5.73 Å². The molecule has 0 spiro atoms. The van der Waals surface area contributed by atoms with Crippen LogP contribution in [0.5, 0.6) is 11.6 Å². The Kier molecular flexibility index (Phi) is 2.38. The number of anilines is 1. The number of nitrogens with two attached hydrogens (primary N) is 1. The van der Waals surface area contributed by atoms with Crippen LogP contribution in [0.4, 0.5) is 5.82 Å². The van der Waals surface area contributed by atoms with Gasteiger partial charge < -0.3 is 10.5 Å². The lowest BCUT2D eigenvalue weighted by atomic mass is 10.2. The predicted octanol–water partition coefficient (Wildman–Crippen LogP) is 3.07. The van der Waals surface area contributed by atoms with E-state index in [9.17, 15) is 0 Å². The zero-order chi connectivity index (χ0) is 11.7. The van der Waals surface area contributed by atoms with E-state index in [1.165, 1.54) is 11.5 Å². The van der Waals surface area contributed by atoms with Crippen LogP contribution in [0.2, 0.25) is 0 Å². The average Bonchev–Trinajstić information content (AvgIpc) is 2.72. The minimum atomic E-state index is 0.564. The fourth-order valence-electron chi connectivity index (χ4n) is 1.53. The molecule has 3 aromatic rings. The molecular weight excluding hydrogens is 234 g/mol. The van der Waals surface area contributed by atoms with E-state index in [1.54, 1.807) is 6.20 Å². The van der Waals surface area contributed by atoms with Crippen molar-refractivity contribution in [1.82, 2.24) is 9.36 Å². The van der Waals surface area contributed by atoms with Crippen LogP contribution in [-0.2, 0) is 0 Å². The second kappa shape index (κ2) is 4.03. The standard InChI is InChI=1S/C12H9N3OS/c13-12-9-5-4-8(7-10(9)17-15-12)16-11-3-1-2-6-14-11/h1-7H,(H2,13,15). The van der Waals surface area contributed by atoms with Crippen LogP contribution in [-0.4, -0.2) is 9.36 Å². The molecule has 17 heavy (non-hydrogen) atoms. The topological polar surface area (TPSA) is 61.0 Å². The second-order valence-corrected chi connectivity index (χ2v) is 4.30. The van der Waals surface area contributed by atoms with Gasteiger partial charge in [0.05, 0.1) is 4.70 Å². The highest BCUT2D eigenvalue weighted by Crippen LogP contribution is 2.29. The first-order chi connectivity index (χ1) is 8.33. The van der Waals surface area contributed by atoms with E-state index in [1.807, 2.05) is 36.4 Å². The Morgan fingerprint density at radius 2 is 2.12 bits per heavy atom. The van der Waals surface area contributed by atoms with Gasteiger partial charge in [0.15, 0.2) is 0 Å². The van der Waals surface area contributed by atoms with E-state index in [0.29, 0.717) is 11.7 Å². The molecule has 0 saturated heterocycles. The molecule has 0 atom stereocenters. The maximum absolute atomic E-state index is 5.72. The molecule has 0 bridgehead atoms. The van der Waals surface area contributed by atoms with Gasteiger partial charge in [-0.05, 0) is 29.7 Å². The molecule has 0 fully saturated rings. The number of hydrogen-bond donors (Lipinski definition) is 1. The molecule has 1 aromatic carbocycles. The lowest BCUT2D eigenvalue weighted by Gasteiger charge is -2.03. The van der Waals surface area contributed by atoms with Gasteiger partial charge in [0.25, 0.3) is 0 Å². The normalized spacial score (nSPS) is 10.6. The first-order valence-corrected chi connectivity index (χ1v) is 5.84. The van der Waals surface area contributed by atoms with Gasteiger partial charge in [0.2, 0.25) is 5.88 Å². The minimum Gasteiger partial charge on any atom is -0.439 e. The number of ether oxygens (including phenoxy) is 1. The molecule has 5 heteroatoms. The molecule has 0 aliphatic carbocycles. The van der Waals surface area contributed by atoms with Crippen LogP contribution in [0.1, 0.15) is 0 Å². The lowest BCUT2D eigenvalue weighted by Crippen LogP contribution is -1.86. The summed E-state index contributed by atoms with van der Waals surface area (Å²) in [5.74, 6) is 1.87. The second-order valence-electron chi connectivity index (χ2n) is 3.50. The number of nitrogens with zero attached hydrogens (tertiary/aromatic N) is 2. The highest BCUT2D eigenvalue weighted by atomic mass is 32.1. The van der Waals surface area contributed by atoms with E-state index >= 15 is 0 Å². The van der Waals surface area contributed by atoms with Gasteiger partial charge in [0.1, 0.15) is 11.6 Å². The molecule has 0 unspecified atom stereocenters. The van der Waals surface area contributed by atoms with Crippen LogP contribution in [0.15, 0.2) is 42.6 Å². The van der Waals surface area contributed by atoms with Crippen LogP contribution < -0.4 is 10.5 Å². The fraction of sp³-hybridized carbons (Fsp3) is 0. The largest absolute Gasteiger partial charge is 0.439 e. The number of aromatic nitrogens is 2. The third kappa shape index (κ3) is 1.92. The summed E-state index contributed by atoms with van der Waals surface area (Å²) < 4.78 is 10.7.